The lowest BCUT2D eigenvalue weighted by atomic mass is 9.80. The molecular weight excluding hydrogens is 347 g/mol. The minimum absolute atomic E-state index is 0.0930. The third-order valence-electron chi connectivity index (χ3n) is 4.88. The van der Waals surface area contributed by atoms with Crippen LogP contribution in [0.3, 0.4) is 0 Å². The molecule has 1 aliphatic carbocycles. The molecule has 4 heteroatoms. The molecule has 1 fully saturated rings. The van der Waals surface area contributed by atoms with Crippen molar-refractivity contribution in [2.45, 2.75) is 38.5 Å². The average Bonchev–Trinajstić information content (AvgIpc) is 2.68. The highest BCUT2D eigenvalue weighted by molar-refractivity contribution is 6.30. The molecule has 0 N–H and O–H groups in total. The van der Waals surface area contributed by atoms with Crippen LogP contribution in [-0.4, -0.2) is 9.97 Å². The monoisotopic (exact) mass is 368 g/mol. The summed E-state index contributed by atoms with van der Waals surface area (Å²) in [6.45, 7) is 3.80. The molecule has 2 nitrogen and oxygen atoms in total. The summed E-state index contributed by atoms with van der Waals surface area (Å²) in [7, 11) is 0. The summed E-state index contributed by atoms with van der Waals surface area (Å²) in [6.07, 6.45) is 12.6. The van der Waals surface area contributed by atoms with Gasteiger partial charge >= 0.3 is 0 Å². The Hall–Kier alpha value is -2.18. The molecular formula is C22H22ClFN2. The van der Waals surface area contributed by atoms with Crippen LogP contribution in [-0.2, 0) is 0 Å². The quantitative estimate of drug-likeness (QED) is 0.484. The van der Waals surface area contributed by atoms with E-state index in [2.05, 4.69) is 28.4 Å². The van der Waals surface area contributed by atoms with Gasteiger partial charge in [0.05, 0.1) is 10.6 Å². The molecule has 1 aromatic heterocycles. The smallest absolute Gasteiger partial charge is 0.159 e. The largest absolute Gasteiger partial charge is 0.235 e. The molecule has 1 aliphatic rings. The van der Waals surface area contributed by atoms with E-state index in [0.717, 1.165) is 30.7 Å². The second-order valence-corrected chi connectivity index (χ2v) is 7.18. The van der Waals surface area contributed by atoms with Crippen LogP contribution in [0.1, 0.15) is 44.1 Å². The average molecular weight is 369 g/mol. The van der Waals surface area contributed by atoms with Crippen LogP contribution in [0.15, 0.2) is 43.2 Å². The zero-order chi connectivity index (χ0) is 18.4. The number of hydrogen-bond acceptors (Lipinski definition) is 2. The summed E-state index contributed by atoms with van der Waals surface area (Å²) in [4.78, 5) is 8.59. The molecule has 0 aliphatic heterocycles. The van der Waals surface area contributed by atoms with Crippen molar-refractivity contribution >= 4 is 11.6 Å². The summed E-state index contributed by atoms with van der Waals surface area (Å²) in [5.41, 5.74) is 1.39. The van der Waals surface area contributed by atoms with Gasteiger partial charge in [-0.3, -0.25) is 0 Å². The molecule has 0 atom stereocenters. The molecule has 0 unspecified atom stereocenters. The molecule has 1 saturated carbocycles. The topological polar surface area (TPSA) is 25.8 Å². The van der Waals surface area contributed by atoms with Crippen LogP contribution >= 0.6 is 11.6 Å². The molecule has 0 bridgehead atoms. The zero-order valence-corrected chi connectivity index (χ0v) is 15.5. The second kappa shape index (κ2) is 8.96. The van der Waals surface area contributed by atoms with Gasteiger partial charge in [-0.15, -0.1) is 6.58 Å². The summed E-state index contributed by atoms with van der Waals surface area (Å²) >= 11 is 5.70. The molecule has 0 amide bonds. The van der Waals surface area contributed by atoms with E-state index in [1.807, 2.05) is 6.08 Å². The predicted molar refractivity (Wildman–Crippen MR) is 104 cm³/mol. The van der Waals surface area contributed by atoms with Crippen LogP contribution in [0.25, 0.3) is 11.4 Å². The van der Waals surface area contributed by atoms with Crippen molar-refractivity contribution in [1.82, 2.24) is 9.97 Å². The van der Waals surface area contributed by atoms with Gasteiger partial charge in [0.2, 0.25) is 0 Å². The lowest BCUT2D eigenvalue weighted by Gasteiger charge is -2.25. The molecule has 1 aromatic carbocycles. The van der Waals surface area contributed by atoms with Gasteiger partial charge in [0, 0.05) is 23.9 Å². The highest BCUT2D eigenvalue weighted by Gasteiger charge is 2.19. The van der Waals surface area contributed by atoms with Gasteiger partial charge < -0.3 is 0 Å². The third-order valence-corrected chi connectivity index (χ3v) is 5.18. The van der Waals surface area contributed by atoms with Crippen LogP contribution in [0.4, 0.5) is 4.39 Å². The van der Waals surface area contributed by atoms with Gasteiger partial charge in [0.1, 0.15) is 5.82 Å². The Kier molecular flexibility index (Phi) is 6.41. The minimum atomic E-state index is -0.472. The fraction of sp³-hybridized carbons (Fsp3) is 0.364. The van der Waals surface area contributed by atoms with Gasteiger partial charge in [-0.25, -0.2) is 14.4 Å². The molecule has 3 rings (SSSR count). The van der Waals surface area contributed by atoms with Crippen LogP contribution < -0.4 is 0 Å². The van der Waals surface area contributed by atoms with Gasteiger partial charge in [0.15, 0.2) is 5.82 Å². The van der Waals surface area contributed by atoms with E-state index in [9.17, 15) is 4.39 Å². The van der Waals surface area contributed by atoms with Gasteiger partial charge in [-0.2, -0.15) is 0 Å². The van der Waals surface area contributed by atoms with Crippen molar-refractivity contribution in [3.8, 4) is 23.2 Å². The molecule has 134 valence electrons. The minimum Gasteiger partial charge on any atom is -0.235 e. The predicted octanol–water partition coefficient (Wildman–Crippen LogP) is 6.06. The van der Waals surface area contributed by atoms with Crippen molar-refractivity contribution in [2.75, 3.05) is 0 Å². The van der Waals surface area contributed by atoms with E-state index in [4.69, 9.17) is 11.6 Å². The van der Waals surface area contributed by atoms with E-state index in [0.29, 0.717) is 17.3 Å². The summed E-state index contributed by atoms with van der Waals surface area (Å²) < 4.78 is 13.6. The third kappa shape index (κ3) is 4.93. The van der Waals surface area contributed by atoms with Crippen molar-refractivity contribution in [3.05, 3.63) is 59.7 Å². The van der Waals surface area contributed by atoms with E-state index in [-0.39, 0.29) is 5.02 Å². The first-order valence-corrected chi connectivity index (χ1v) is 9.43. The molecule has 0 radical (unpaired) electrons. The highest BCUT2D eigenvalue weighted by Crippen LogP contribution is 2.31. The maximum absolute atomic E-state index is 13.6. The Labute approximate surface area is 159 Å². The lowest BCUT2D eigenvalue weighted by Crippen LogP contribution is -2.13. The van der Waals surface area contributed by atoms with Gasteiger partial charge in [0.25, 0.3) is 0 Å². The first-order valence-electron chi connectivity index (χ1n) is 9.05. The highest BCUT2D eigenvalue weighted by atomic mass is 35.5. The van der Waals surface area contributed by atoms with Crippen LogP contribution in [0.5, 0.6) is 0 Å². The fourth-order valence-corrected chi connectivity index (χ4v) is 3.43. The molecule has 2 aromatic rings. The van der Waals surface area contributed by atoms with Gasteiger partial charge in [-0.1, -0.05) is 29.5 Å². The van der Waals surface area contributed by atoms with Gasteiger partial charge in [-0.05, 0) is 62.6 Å². The van der Waals surface area contributed by atoms with Crippen molar-refractivity contribution < 1.29 is 4.39 Å². The lowest BCUT2D eigenvalue weighted by molar-refractivity contribution is 0.303. The van der Waals surface area contributed by atoms with E-state index >= 15 is 0 Å². The Morgan fingerprint density at radius 3 is 2.58 bits per heavy atom. The second-order valence-electron chi connectivity index (χ2n) is 6.78. The molecule has 0 saturated heterocycles. The first-order chi connectivity index (χ1) is 12.7. The maximum atomic E-state index is 13.6. The maximum Gasteiger partial charge on any atom is 0.159 e. The number of halogens is 2. The molecule has 26 heavy (non-hydrogen) atoms. The molecule has 0 spiro atoms. The van der Waals surface area contributed by atoms with Crippen molar-refractivity contribution in [2.24, 2.45) is 11.8 Å². The zero-order valence-electron chi connectivity index (χ0n) is 14.7. The number of aromatic nitrogens is 2. The standard InChI is InChI=1S/C22H22ClFN2/c1-2-3-4-16-5-7-17(8-6-16)9-10-18-14-25-22(26-15-18)19-11-12-20(23)21(24)13-19/h2,11-17H,1,3-8H2. The number of benzene rings is 1. The van der Waals surface area contributed by atoms with E-state index < -0.39 is 5.82 Å². The Balaban J connectivity index is 1.59. The Morgan fingerprint density at radius 1 is 1.19 bits per heavy atom. The van der Waals surface area contributed by atoms with Crippen molar-refractivity contribution in [1.29, 1.82) is 0 Å². The first kappa shape index (κ1) is 18.6. The normalized spacial score (nSPS) is 19.5. The Bertz CT molecular complexity index is 812. The summed E-state index contributed by atoms with van der Waals surface area (Å²) in [5, 5.41) is 0.0930. The Morgan fingerprint density at radius 2 is 1.92 bits per heavy atom. The van der Waals surface area contributed by atoms with Crippen LogP contribution in [0, 0.1) is 29.5 Å². The van der Waals surface area contributed by atoms with E-state index in [1.54, 1.807) is 18.5 Å². The summed E-state index contributed by atoms with van der Waals surface area (Å²) in [5.74, 6) is 7.83. The number of rotatable bonds is 4. The number of allylic oxidation sites excluding steroid dienone is 1. The fourth-order valence-electron chi connectivity index (χ4n) is 3.31. The SMILES string of the molecule is C=CCCC1CCC(C#Cc2cnc(-c3ccc(Cl)c(F)c3)nc2)CC1. The number of nitrogens with zero attached hydrogens (tertiary/aromatic N) is 2. The summed E-state index contributed by atoms with van der Waals surface area (Å²) in [6, 6.07) is 4.55. The van der Waals surface area contributed by atoms with Crippen molar-refractivity contribution in [3.63, 3.8) is 0 Å². The van der Waals surface area contributed by atoms with Crippen LogP contribution in [0.2, 0.25) is 5.02 Å². The molecule has 1 heterocycles. The number of hydrogen-bond donors (Lipinski definition) is 0. The van der Waals surface area contributed by atoms with E-state index in [1.165, 1.54) is 31.4 Å².